The van der Waals surface area contributed by atoms with Gasteiger partial charge in [0.2, 0.25) is 0 Å². The van der Waals surface area contributed by atoms with Crippen LogP contribution in [0.4, 0.5) is 0 Å². The van der Waals surface area contributed by atoms with Crippen molar-refractivity contribution in [3.8, 4) is 5.75 Å². The van der Waals surface area contributed by atoms with Crippen molar-refractivity contribution in [2.75, 3.05) is 0 Å². The lowest BCUT2D eigenvalue weighted by atomic mass is 10.2. The Bertz CT molecular complexity index is 310. The van der Waals surface area contributed by atoms with Crippen LogP contribution in [0.25, 0.3) is 0 Å². The first-order valence-corrected chi connectivity index (χ1v) is 5.24. The Labute approximate surface area is 86.2 Å². The summed E-state index contributed by atoms with van der Waals surface area (Å²) in [4.78, 5) is 0. The number of benzene rings is 1. The van der Waals surface area contributed by atoms with E-state index in [4.69, 9.17) is 10.5 Å². The largest absolute Gasteiger partial charge is 0.489 e. The Morgan fingerprint density at radius 2 is 2.23 bits per heavy atom. The lowest BCUT2D eigenvalue weighted by Crippen LogP contribution is -2.00. The van der Waals surface area contributed by atoms with Crippen LogP contribution in [0.1, 0.15) is 18.4 Å². The minimum absolute atomic E-state index is 0.435. The van der Waals surface area contributed by atoms with Gasteiger partial charge in [-0.1, -0.05) is 6.07 Å². The summed E-state index contributed by atoms with van der Waals surface area (Å²) in [7, 11) is 0. The molecule has 0 atom stereocenters. The summed E-state index contributed by atoms with van der Waals surface area (Å²) in [6, 6.07) is 5.99. The van der Waals surface area contributed by atoms with Gasteiger partial charge in [0.25, 0.3) is 0 Å². The highest BCUT2D eigenvalue weighted by Gasteiger charge is 2.24. The molecular weight excluding hydrogens is 230 g/mol. The summed E-state index contributed by atoms with van der Waals surface area (Å²) in [6.45, 7) is 0.564. The van der Waals surface area contributed by atoms with Gasteiger partial charge >= 0.3 is 0 Å². The molecule has 3 heteroatoms. The van der Waals surface area contributed by atoms with E-state index in [1.807, 2.05) is 18.2 Å². The molecule has 0 saturated heterocycles. The molecule has 1 aliphatic rings. The zero-order valence-corrected chi connectivity index (χ0v) is 8.88. The van der Waals surface area contributed by atoms with Gasteiger partial charge in [0.1, 0.15) is 5.75 Å². The van der Waals surface area contributed by atoms with Crippen molar-refractivity contribution in [2.45, 2.75) is 25.5 Å². The molecule has 0 aromatic heterocycles. The van der Waals surface area contributed by atoms with Crippen molar-refractivity contribution in [3.63, 3.8) is 0 Å². The van der Waals surface area contributed by atoms with E-state index >= 15 is 0 Å². The van der Waals surface area contributed by atoms with Crippen molar-refractivity contribution in [1.82, 2.24) is 0 Å². The Balaban J connectivity index is 2.19. The molecule has 1 aromatic rings. The van der Waals surface area contributed by atoms with Crippen LogP contribution >= 0.6 is 15.9 Å². The molecule has 0 bridgehead atoms. The lowest BCUT2D eigenvalue weighted by molar-refractivity contribution is 0.301. The molecule has 2 N–H and O–H groups in total. The van der Waals surface area contributed by atoms with Gasteiger partial charge in [-0.2, -0.15) is 0 Å². The number of rotatable bonds is 3. The fourth-order valence-corrected chi connectivity index (χ4v) is 1.47. The third kappa shape index (κ3) is 2.23. The summed E-state index contributed by atoms with van der Waals surface area (Å²) in [5.41, 5.74) is 6.65. The summed E-state index contributed by atoms with van der Waals surface area (Å²) < 4.78 is 6.71. The molecule has 1 saturated carbocycles. The normalized spacial score (nSPS) is 15.8. The third-order valence-corrected chi connectivity index (χ3v) is 2.70. The van der Waals surface area contributed by atoms with Crippen LogP contribution in [0.3, 0.4) is 0 Å². The van der Waals surface area contributed by atoms with Crippen molar-refractivity contribution in [1.29, 1.82) is 0 Å². The van der Waals surface area contributed by atoms with Gasteiger partial charge in [0.05, 0.1) is 10.6 Å². The second-order valence-electron chi connectivity index (χ2n) is 3.29. The summed E-state index contributed by atoms with van der Waals surface area (Å²) >= 11 is 3.45. The van der Waals surface area contributed by atoms with Crippen molar-refractivity contribution in [2.24, 2.45) is 5.73 Å². The van der Waals surface area contributed by atoms with Gasteiger partial charge in [-0.3, -0.25) is 0 Å². The molecule has 1 fully saturated rings. The molecule has 1 aliphatic carbocycles. The molecule has 2 rings (SSSR count). The van der Waals surface area contributed by atoms with Gasteiger partial charge in [0, 0.05) is 6.54 Å². The Morgan fingerprint density at radius 1 is 1.46 bits per heavy atom. The predicted octanol–water partition coefficient (Wildman–Crippen LogP) is 2.45. The smallest absolute Gasteiger partial charge is 0.134 e. The average molecular weight is 242 g/mol. The van der Waals surface area contributed by atoms with E-state index in [9.17, 15) is 0 Å². The lowest BCUT2D eigenvalue weighted by Gasteiger charge is -2.08. The summed E-state index contributed by atoms with van der Waals surface area (Å²) in [5, 5.41) is 0. The van der Waals surface area contributed by atoms with Gasteiger partial charge in [0.15, 0.2) is 0 Å². The van der Waals surface area contributed by atoms with E-state index in [-0.39, 0.29) is 0 Å². The fourth-order valence-electron chi connectivity index (χ4n) is 1.13. The molecule has 1 aromatic carbocycles. The molecule has 13 heavy (non-hydrogen) atoms. The standard InChI is InChI=1S/C10H12BrNO/c11-9-4-1-7(6-12)5-10(9)13-8-2-3-8/h1,4-5,8H,2-3,6,12H2. The van der Waals surface area contributed by atoms with Gasteiger partial charge in [-0.25, -0.2) is 0 Å². The van der Waals surface area contributed by atoms with E-state index in [0.717, 1.165) is 15.8 Å². The van der Waals surface area contributed by atoms with Crippen LogP contribution < -0.4 is 10.5 Å². The monoisotopic (exact) mass is 241 g/mol. The van der Waals surface area contributed by atoms with Gasteiger partial charge in [-0.15, -0.1) is 0 Å². The maximum absolute atomic E-state index is 5.70. The first kappa shape index (κ1) is 9.03. The highest BCUT2D eigenvalue weighted by atomic mass is 79.9. The minimum Gasteiger partial charge on any atom is -0.489 e. The first-order chi connectivity index (χ1) is 6.29. The average Bonchev–Trinajstić information content (AvgIpc) is 2.93. The van der Waals surface area contributed by atoms with Crippen LogP contribution in [0.15, 0.2) is 22.7 Å². The van der Waals surface area contributed by atoms with Crippen molar-refractivity contribution in [3.05, 3.63) is 28.2 Å². The first-order valence-electron chi connectivity index (χ1n) is 4.45. The van der Waals surface area contributed by atoms with Gasteiger partial charge < -0.3 is 10.5 Å². The summed E-state index contributed by atoms with van der Waals surface area (Å²) in [6.07, 6.45) is 2.79. The Kier molecular flexibility index (Phi) is 2.56. The predicted molar refractivity (Wildman–Crippen MR) is 55.7 cm³/mol. The molecule has 0 amide bonds. The SMILES string of the molecule is NCc1ccc(Br)c(OC2CC2)c1. The highest BCUT2D eigenvalue weighted by Crippen LogP contribution is 2.32. The molecule has 2 nitrogen and oxygen atoms in total. The zero-order chi connectivity index (χ0) is 9.26. The summed E-state index contributed by atoms with van der Waals surface area (Å²) in [5.74, 6) is 0.922. The van der Waals surface area contributed by atoms with Crippen molar-refractivity contribution >= 4 is 15.9 Å². The zero-order valence-electron chi connectivity index (χ0n) is 7.29. The number of halogens is 1. The van der Waals surface area contributed by atoms with Crippen LogP contribution in [0.5, 0.6) is 5.75 Å². The van der Waals surface area contributed by atoms with Crippen LogP contribution in [0.2, 0.25) is 0 Å². The topological polar surface area (TPSA) is 35.2 Å². The molecule has 70 valence electrons. The number of hydrogen-bond acceptors (Lipinski definition) is 2. The van der Waals surface area contributed by atoms with Gasteiger partial charge in [-0.05, 0) is 46.5 Å². The van der Waals surface area contributed by atoms with E-state index < -0.39 is 0 Å². The quantitative estimate of drug-likeness (QED) is 0.883. The molecular formula is C10H12BrNO. The molecule has 0 unspecified atom stereocenters. The van der Waals surface area contributed by atoms with E-state index in [1.54, 1.807) is 0 Å². The Morgan fingerprint density at radius 3 is 2.85 bits per heavy atom. The van der Waals surface area contributed by atoms with Crippen LogP contribution in [-0.2, 0) is 6.54 Å². The number of ether oxygens (including phenoxy) is 1. The van der Waals surface area contributed by atoms with E-state index in [0.29, 0.717) is 12.6 Å². The van der Waals surface area contributed by atoms with E-state index in [1.165, 1.54) is 12.8 Å². The Hall–Kier alpha value is -0.540. The molecule has 0 spiro atoms. The van der Waals surface area contributed by atoms with Crippen LogP contribution in [-0.4, -0.2) is 6.10 Å². The fraction of sp³-hybridized carbons (Fsp3) is 0.400. The second kappa shape index (κ2) is 3.68. The highest BCUT2D eigenvalue weighted by molar-refractivity contribution is 9.10. The molecule has 0 aliphatic heterocycles. The number of nitrogens with two attached hydrogens (primary N) is 1. The maximum Gasteiger partial charge on any atom is 0.134 e. The molecule has 0 heterocycles. The third-order valence-electron chi connectivity index (χ3n) is 2.05. The minimum atomic E-state index is 0.435. The molecule has 0 radical (unpaired) electrons. The van der Waals surface area contributed by atoms with Crippen LogP contribution in [0, 0.1) is 0 Å². The maximum atomic E-state index is 5.70. The van der Waals surface area contributed by atoms with E-state index in [2.05, 4.69) is 15.9 Å². The number of hydrogen-bond donors (Lipinski definition) is 1. The second-order valence-corrected chi connectivity index (χ2v) is 4.14. The van der Waals surface area contributed by atoms with Crippen molar-refractivity contribution < 1.29 is 4.74 Å².